The molecule has 1 N–H and O–H groups in total. The van der Waals surface area contributed by atoms with Gasteiger partial charge in [0.05, 0.1) is 9.26 Å². The minimum Gasteiger partial charge on any atom is -0.305 e. The van der Waals surface area contributed by atoms with E-state index in [-0.39, 0.29) is 18.2 Å². The van der Waals surface area contributed by atoms with Crippen LogP contribution in [0.3, 0.4) is 0 Å². The summed E-state index contributed by atoms with van der Waals surface area (Å²) in [4.78, 5) is 10.7. The van der Waals surface area contributed by atoms with E-state index in [4.69, 9.17) is 11.6 Å². The third-order valence-electron chi connectivity index (χ3n) is 2.93. The van der Waals surface area contributed by atoms with Crippen molar-refractivity contribution in [3.05, 3.63) is 60.8 Å². The monoisotopic (exact) mass is 332 g/mol. The van der Waals surface area contributed by atoms with Gasteiger partial charge in [-0.05, 0) is 19.1 Å². The average Bonchev–Trinajstić information content (AvgIpc) is 2.83. The first-order chi connectivity index (χ1) is 9.88. The summed E-state index contributed by atoms with van der Waals surface area (Å²) in [5.41, 5.74) is -0.697. The first-order valence-electron chi connectivity index (χ1n) is 5.99. The van der Waals surface area contributed by atoms with Crippen LogP contribution in [0.15, 0.2) is 24.3 Å². The zero-order valence-electron chi connectivity index (χ0n) is 10.9. The van der Waals surface area contributed by atoms with Gasteiger partial charge in [0, 0.05) is 35.2 Å². The highest BCUT2D eigenvalue weighted by Crippen LogP contribution is 2.27. The Morgan fingerprint density at radius 2 is 2.10 bits per heavy atom. The van der Waals surface area contributed by atoms with Gasteiger partial charge in [-0.3, -0.25) is 10.1 Å². The summed E-state index contributed by atoms with van der Waals surface area (Å²) >= 11 is 7.22. The summed E-state index contributed by atoms with van der Waals surface area (Å²) in [7, 11) is 0. The second-order valence-corrected chi connectivity index (χ2v) is 6.14. The second-order valence-electron chi connectivity index (χ2n) is 4.40. The molecule has 1 atom stereocenters. The first kappa shape index (κ1) is 15.8. The highest BCUT2D eigenvalue weighted by atomic mass is 35.5. The second kappa shape index (κ2) is 6.46. The van der Waals surface area contributed by atoms with Crippen LogP contribution in [-0.4, -0.2) is 4.92 Å². The van der Waals surface area contributed by atoms with Gasteiger partial charge in [0.2, 0.25) is 5.82 Å². The molecule has 112 valence electrons. The largest absolute Gasteiger partial charge is 0.305 e. The van der Waals surface area contributed by atoms with E-state index in [1.54, 1.807) is 6.07 Å². The molecule has 8 heteroatoms. The molecule has 1 aromatic carbocycles. The average molecular weight is 333 g/mol. The fraction of sp³-hybridized carbons (Fsp3) is 0.231. The van der Waals surface area contributed by atoms with Crippen molar-refractivity contribution in [2.75, 3.05) is 0 Å². The van der Waals surface area contributed by atoms with Crippen LogP contribution in [0.1, 0.15) is 23.4 Å². The van der Waals surface area contributed by atoms with Crippen LogP contribution < -0.4 is 5.32 Å². The Bertz CT molecular complexity index is 678. The van der Waals surface area contributed by atoms with Crippen molar-refractivity contribution in [3.63, 3.8) is 0 Å². The Morgan fingerprint density at radius 1 is 1.38 bits per heavy atom. The summed E-state index contributed by atoms with van der Waals surface area (Å²) in [6.45, 7) is 1.90. The number of hydrogen-bond donors (Lipinski definition) is 1. The zero-order valence-corrected chi connectivity index (χ0v) is 12.5. The molecule has 0 saturated carbocycles. The third-order valence-corrected chi connectivity index (χ3v) is 4.35. The molecule has 0 aliphatic rings. The van der Waals surface area contributed by atoms with Crippen LogP contribution in [0.4, 0.5) is 14.5 Å². The lowest BCUT2D eigenvalue weighted by atomic mass is 10.1. The molecule has 0 fully saturated rings. The van der Waals surface area contributed by atoms with Gasteiger partial charge < -0.3 is 5.32 Å². The fourth-order valence-electron chi connectivity index (χ4n) is 1.78. The Morgan fingerprint density at radius 3 is 2.67 bits per heavy atom. The Kier molecular flexibility index (Phi) is 4.87. The van der Waals surface area contributed by atoms with Crippen molar-refractivity contribution < 1.29 is 13.7 Å². The standard InChI is InChI=1S/C13H11ClF2N2O2S/c1-7(12-2-3-13(14)21-12)17-6-8-4-11(18(19)20)10(16)5-9(8)15/h2-5,7,17H,6H2,1H3. The fourth-order valence-corrected chi connectivity index (χ4v) is 2.87. The Labute approximate surface area is 128 Å². The van der Waals surface area contributed by atoms with Crippen molar-refractivity contribution >= 4 is 28.6 Å². The maximum atomic E-state index is 13.6. The molecular formula is C13H11ClF2N2O2S. The Hall–Kier alpha value is -1.57. The molecule has 2 rings (SSSR count). The predicted molar refractivity (Wildman–Crippen MR) is 77.6 cm³/mol. The number of nitrogens with one attached hydrogen (secondary N) is 1. The van der Waals surface area contributed by atoms with Gasteiger partial charge >= 0.3 is 5.69 Å². The van der Waals surface area contributed by atoms with E-state index in [1.807, 2.05) is 13.0 Å². The van der Waals surface area contributed by atoms with Crippen molar-refractivity contribution in [1.82, 2.24) is 5.32 Å². The summed E-state index contributed by atoms with van der Waals surface area (Å²) in [5, 5.41) is 13.7. The van der Waals surface area contributed by atoms with Crippen molar-refractivity contribution in [3.8, 4) is 0 Å². The van der Waals surface area contributed by atoms with Gasteiger partial charge in [0.1, 0.15) is 5.82 Å². The van der Waals surface area contributed by atoms with Gasteiger partial charge in [-0.25, -0.2) is 4.39 Å². The van der Waals surface area contributed by atoms with E-state index >= 15 is 0 Å². The molecule has 0 aliphatic carbocycles. The lowest BCUT2D eigenvalue weighted by Crippen LogP contribution is -2.18. The lowest BCUT2D eigenvalue weighted by Gasteiger charge is -2.12. The molecule has 1 unspecified atom stereocenters. The van der Waals surface area contributed by atoms with Crippen LogP contribution in [-0.2, 0) is 6.54 Å². The molecule has 0 aliphatic heterocycles. The zero-order chi connectivity index (χ0) is 15.6. The molecule has 4 nitrogen and oxygen atoms in total. The van der Waals surface area contributed by atoms with Gasteiger partial charge in [0.15, 0.2) is 0 Å². The maximum absolute atomic E-state index is 13.6. The number of nitro groups is 1. The van der Waals surface area contributed by atoms with E-state index in [9.17, 15) is 18.9 Å². The summed E-state index contributed by atoms with van der Waals surface area (Å²) in [6, 6.07) is 4.93. The number of rotatable bonds is 5. The molecule has 1 aromatic heterocycles. The van der Waals surface area contributed by atoms with Crippen LogP contribution in [0.2, 0.25) is 4.34 Å². The Balaban J connectivity index is 2.12. The molecule has 0 radical (unpaired) electrons. The normalized spacial score (nSPS) is 12.4. The molecule has 0 bridgehead atoms. The minimum absolute atomic E-state index is 0.0394. The van der Waals surface area contributed by atoms with Gasteiger partial charge in [-0.2, -0.15) is 4.39 Å². The highest BCUT2D eigenvalue weighted by molar-refractivity contribution is 7.16. The number of thiophene rings is 1. The quantitative estimate of drug-likeness (QED) is 0.650. The molecule has 0 spiro atoms. The number of nitro benzene ring substituents is 1. The number of nitrogens with zero attached hydrogens (tertiary/aromatic N) is 1. The SMILES string of the molecule is CC(NCc1cc([N+](=O)[O-])c(F)cc1F)c1ccc(Cl)s1. The summed E-state index contributed by atoms with van der Waals surface area (Å²) in [6.07, 6.45) is 0. The number of hydrogen-bond acceptors (Lipinski definition) is 4. The minimum atomic E-state index is -1.18. The van der Waals surface area contributed by atoms with Gasteiger partial charge in [-0.15, -0.1) is 11.3 Å². The molecule has 0 saturated heterocycles. The molecule has 0 amide bonds. The van der Waals surface area contributed by atoms with Gasteiger partial charge in [0.25, 0.3) is 0 Å². The van der Waals surface area contributed by atoms with Gasteiger partial charge in [-0.1, -0.05) is 11.6 Å². The van der Waals surface area contributed by atoms with Crippen LogP contribution in [0, 0.1) is 21.7 Å². The van der Waals surface area contributed by atoms with Crippen molar-refractivity contribution in [2.24, 2.45) is 0 Å². The van der Waals surface area contributed by atoms with E-state index in [1.165, 1.54) is 11.3 Å². The number of halogens is 3. The predicted octanol–water partition coefficient (Wildman–Crippen LogP) is 4.44. The smallest absolute Gasteiger partial charge is 0.305 e. The molecular weight excluding hydrogens is 322 g/mol. The first-order valence-corrected chi connectivity index (χ1v) is 7.19. The lowest BCUT2D eigenvalue weighted by molar-refractivity contribution is -0.387. The van der Waals surface area contributed by atoms with Crippen LogP contribution in [0.25, 0.3) is 0 Å². The van der Waals surface area contributed by atoms with Crippen LogP contribution in [0.5, 0.6) is 0 Å². The molecule has 2 aromatic rings. The highest BCUT2D eigenvalue weighted by Gasteiger charge is 2.19. The van der Waals surface area contributed by atoms with E-state index < -0.39 is 22.2 Å². The van der Waals surface area contributed by atoms with Crippen molar-refractivity contribution in [1.29, 1.82) is 0 Å². The van der Waals surface area contributed by atoms with E-state index in [0.717, 1.165) is 10.9 Å². The summed E-state index contributed by atoms with van der Waals surface area (Å²) < 4.78 is 27.5. The third kappa shape index (κ3) is 3.75. The topological polar surface area (TPSA) is 55.2 Å². The van der Waals surface area contributed by atoms with Crippen molar-refractivity contribution in [2.45, 2.75) is 19.5 Å². The number of benzene rings is 1. The van der Waals surface area contributed by atoms with Crippen LogP contribution >= 0.6 is 22.9 Å². The van der Waals surface area contributed by atoms with E-state index in [0.29, 0.717) is 10.4 Å². The molecule has 1 heterocycles. The maximum Gasteiger partial charge on any atom is 0.305 e. The molecule has 21 heavy (non-hydrogen) atoms. The van der Waals surface area contributed by atoms with E-state index in [2.05, 4.69) is 5.32 Å². The summed E-state index contributed by atoms with van der Waals surface area (Å²) in [5.74, 6) is -2.00.